The third-order valence-electron chi connectivity index (χ3n) is 4.24. The molecule has 2 amide bonds. The minimum atomic E-state index is 0.109. The molecule has 108 valence electrons. The molecule has 0 aromatic heterocycles. The Balaban J connectivity index is 1.57. The van der Waals surface area contributed by atoms with Crippen molar-refractivity contribution >= 4 is 11.7 Å². The highest BCUT2D eigenvalue weighted by Crippen LogP contribution is 2.21. The zero-order valence-corrected chi connectivity index (χ0v) is 11.9. The van der Waals surface area contributed by atoms with Crippen LogP contribution in [0.5, 0.6) is 0 Å². The molecule has 0 radical (unpaired) electrons. The lowest BCUT2D eigenvalue weighted by atomic mass is 10.00. The fourth-order valence-electron chi connectivity index (χ4n) is 3.08. The van der Waals surface area contributed by atoms with Crippen molar-refractivity contribution in [1.29, 1.82) is 0 Å². The first-order chi connectivity index (χ1) is 9.83. The number of nitrogens with zero attached hydrogens (tertiary/aromatic N) is 1. The second-order valence-electron chi connectivity index (χ2n) is 5.79. The van der Waals surface area contributed by atoms with Gasteiger partial charge in [-0.2, -0.15) is 0 Å². The number of likely N-dealkylation sites (tertiary alicyclic amines) is 1. The van der Waals surface area contributed by atoms with Crippen LogP contribution in [0.3, 0.4) is 0 Å². The zero-order valence-electron chi connectivity index (χ0n) is 11.9. The summed E-state index contributed by atoms with van der Waals surface area (Å²) in [5.74, 6) is 0. The van der Waals surface area contributed by atoms with Gasteiger partial charge in [0, 0.05) is 25.3 Å². The number of carbonyl (C=O) groups excluding carboxylic acids is 1. The van der Waals surface area contributed by atoms with Crippen molar-refractivity contribution in [2.24, 2.45) is 0 Å². The van der Waals surface area contributed by atoms with Crippen LogP contribution in [0.4, 0.5) is 10.5 Å². The molecule has 0 saturated carbocycles. The Kier molecular flexibility index (Phi) is 4.09. The monoisotopic (exact) mass is 273 g/mol. The van der Waals surface area contributed by atoms with Gasteiger partial charge in [0.2, 0.25) is 0 Å². The predicted molar refractivity (Wildman–Crippen MR) is 81.0 cm³/mol. The Hall–Kier alpha value is -1.71. The third kappa shape index (κ3) is 3.06. The second kappa shape index (κ2) is 6.16. The van der Waals surface area contributed by atoms with E-state index in [1.807, 2.05) is 11.0 Å². The van der Waals surface area contributed by atoms with Crippen molar-refractivity contribution in [3.63, 3.8) is 0 Å². The highest BCUT2D eigenvalue weighted by atomic mass is 16.2. The molecule has 4 nitrogen and oxygen atoms in total. The number of carbonyl (C=O) groups is 1. The first kappa shape index (κ1) is 13.3. The van der Waals surface area contributed by atoms with Gasteiger partial charge in [0.1, 0.15) is 0 Å². The van der Waals surface area contributed by atoms with E-state index in [4.69, 9.17) is 0 Å². The summed E-state index contributed by atoms with van der Waals surface area (Å²) < 4.78 is 0. The summed E-state index contributed by atoms with van der Waals surface area (Å²) in [6, 6.07) is 8.63. The van der Waals surface area contributed by atoms with Crippen molar-refractivity contribution < 1.29 is 4.79 Å². The lowest BCUT2D eigenvalue weighted by Gasteiger charge is -2.29. The number of rotatable bonds is 1. The minimum Gasteiger partial charge on any atom is -0.383 e. The van der Waals surface area contributed by atoms with Gasteiger partial charge in [0.05, 0.1) is 6.04 Å². The number of amides is 2. The van der Waals surface area contributed by atoms with Crippen LogP contribution in [0.1, 0.15) is 31.2 Å². The molecule has 1 saturated heterocycles. The fraction of sp³-hybridized carbons (Fsp3) is 0.562. The lowest BCUT2D eigenvalue weighted by molar-refractivity contribution is 0.196. The quantitative estimate of drug-likeness (QED) is 0.826. The average Bonchev–Trinajstić information content (AvgIpc) is 2.76. The van der Waals surface area contributed by atoms with Crippen LogP contribution in [0.15, 0.2) is 24.3 Å². The summed E-state index contributed by atoms with van der Waals surface area (Å²) in [5.41, 5.74) is 2.49. The largest absolute Gasteiger partial charge is 0.383 e. The minimum absolute atomic E-state index is 0.109. The molecule has 2 aliphatic heterocycles. The molecular formula is C16H23N3O. The van der Waals surface area contributed by atoms with E-state index in [1.165, 1.54) is 24.1 Å². The Morgan fingerprint density at radius 1 is 1.15 bits per heavy atom. The molecule has 3 rings (SSSR count). The Morgan fingerprint density at radius 3 is 2.70 bits per heavy atom. The molecule has 1 unspecified atom stereocenters. The van der Waals surface area contributed by atoms with Gasteiger partial charge in [-0.15, -0.1) is 0 Å². The topological polar surface area (TPSA) is 44.4 Å². The SMILES string of the molecule is O=C(NC1CNc2ccccc2C1)N1CCCCCC1. The van der Waals surface area contributed by atoms with E-state index in [0.717, 1.165) is 38.9 Å². The first-order valence-electron chi connectivity index (χ1n) is 7.70. The van der Waals surface area contributed by atoms with Crippen molar-refractivity contribution in [3.8, 4) is 0 Å². The van der Waals surface area contributed by atoms with Crippen LogP contribution >= 0.6 is 0 Å². The molecule has 0 bridgehead atoms. The maximum absolute atomic E-state index is 12.3. The molecule has 1 aromatic rings. The summed E-state index contributed by atoms with van der Waals surface area (Å²) in [6.07, 6.45) is 5.70. The van der Waals surface area contributed by atoms with Crippen LogP contribution < -0.4 is 10.6 Å². The van der Waals surface area contributed by atoms with Crippen LogP contribution in [0.25, 0.3) is 0 Å². The van der Waals surface area contributed by atoms with Gasteiger partial charge < -0.3 is 15.5 Å². The average molecular weight is 273 g/mol. The van der Waals surface area contributed by atoms with Gasteiger partial charge >= 0.3 is 6.03 Å². The number of urea groups is 1. The van der Waals surface area contributed by atoms with Crippen molar-refractivity contribution in [3.05, 3.63) is 29.8 Å². The van der Waals surface area contributed by atoms with Crippen LogP contribution in [-0.4, -0.2) is 36.6 Å². The number of anilines is 1. The fourth-order valence-corrected chi connectivity index (χ4v) is 3.08. The number of nitrogens with one attached hydrogen (secondary N) is 2. The van der Waals surface area contributed by atoms with E-state index < -0.39 is 0 Å². The number of benzene rings is 1. The lowest BCUT2D eigenvalue weighted by Crippen LogP contribution is -2.49. The number of hydrogen-bond acceptors (Lipinski definition) is 2. The summed E-state index contributed by atoms with van der Waals surface area (Å²) in [5, 5.41) is 6.58. The number of para-hydroxylation sites is 1. The molecular weight excluding hydrogens is 250 g/mol. The molecule has 1 aromatic carbocycles. The van der Waals surface area contributed by atoms with Crippen LogP contribution in [0.2, 0.25) is 0 Å². The maximum atomic E-state index is 12.3. The molecule has 1 atom stereocenters. The second-order valence-corrected chi connectivity index (χ2v) is 5.79. The predicted octanol–water partition coefficient (Wildman–Crippen LogP) is 2.61. The Bertz CT molecular complexity index is 467. The first-order valence-corrected chi connectivity index (χ1v) is 7.70. The van der Waals surface area contributed by atoms with Gasteiger partial charge in [-0.1, -0.05) is 31.0 Å². The molecule has 0 spiro atoms. The van der Waals surface area contributed by atoms with Crippen LogP contribution in [-0.2, 0) is 6.42 Å². The number of fused-ring (bicyclic) bond motifs is 1. The molecule has 1 fully saturated rings. The standard InChI is InChI=1S/C16H23N3O/c20-16(19-9-5-1-2-6-10-19)18-14-11-13-7-3-4-8-15(13)17-12-14/h3-4,7-8,14,17H,1-2,5-6,9-12H2,(H,18,20). The van der Waals surface area contributed by atoms with Gasteiger partial charge in [0.15, 0.2) is 0 Å². The van der Waals surface area contributed by atoms with Crippen molar-refractivity contribution in [1.82, 2.24) is 10.2 Å². The summed E-state index contributed by atoms with van der Waals surface area (Å²) in [4.78, 5) is 14.3. The molecule has 2 heterocycles. The van der Waals surface area contributed by atoms with E-state index in [2.05, 4.69) is 28.8 Å². The molecule has 4 heteroatoms. The van der Waals surface area contributed by atoms with Gasteiger partial charge in [-0.05, 0) is 30.9 Å². The number of hydrogen-bond donors (Lipinski definition) is 2. The Morgan fingerprint density at radius 2 is 1.90 bits per heavy atom. The van der Waals surface area contributed by atoms with Gasteiger partial charge in [-0.3, -0.25) is 0 Å². The molecule has 2 N–H and O–H groups in total. The smallest absolute Gasteiger partial charge is 0.317 e. The highest BCUT2D eigenvalue weighted by Gasteiger charge is 2.22. The van der Waals surface area contributed by atoms with E-state index in [0.29, 0.717) is 0 Å². The van der Waals surface area contributed by atoms with E-state index >= 15 is 0 Å². The highest BCUT2D eigenvalue weighted by molar-refractivity contribution is 5.75. The van der Waals surface area contributed by atoms with Crippen molar-refractivity contribution in [2.45, 2.75) is 38.1 Å². The van der Waals surface area contributed by atoms with Gasteiger partial charge in [0.25, 0.3) is 0 Å². The normalized spacial score (nSPS) is 22.4. The summed E-state index contributed by atoms with van der Waals surface area (Å²) >= 11 is 0. The summed E-state index contributed by atoms with van der Waals surface area (Å²) in [6.45, 7) is 2.63. The Labute approximate surface area is 120 Å². The van der Waals surface area contributed by atoms with Gasteiger partial charge in [-0.25, -0.2) is 4.79 Å². The van der Waals surface area contributed by atoms with Crippen LogP contribution in [0, 0.1) is 0 Å². The molecule has 20 heavy (non-hydrogen) atoms. The van der Waals surface area contributed by atoms with E-state index in [1.54, 1.807) is 0 Å². The van der Waals surface area contributed by atoms with E-state index in [-0.39, 0.29) is 12.1 Å². The summed E-state index contributed by atoms with van der Waals surface area (Å²) in [7, 11) is 0. The van der Waals surface area contributed by atoms with E-state index in [9.17, 15) is 4.79 Å². The van der Waals surface area contributed by atoms with Crippen molar-refractivity contribution in [2.75, 3.05) is 25.0 Å². The zero-order chi connectivity index (χ0) is 13.8. The molecule has 0 aliphatic carbocycles. The molecule has 2 aliphatic rings. The third-order valence-corrected chi connectivity index (χ3v) is 4.24. The maximum Gasteiger partial charge on any atom is 0.317 e.